The van der Waals surface area contributed by atoms with Crippen LogP contribution in [-0.4, -0.2) is 60.4 Å². The predicted octanol–water partition coefficient (Wildman–Crippen LogP) is 3.49. The molecule has 3 aliphatic rings. The molecule has 0 saturated carbocycles. The standard InChI is InChI=1S/C28H30N6O2/c1-18-16-34(25-8-7-19(14-29)27-21(25)4-3-11-30-27)17-26(36-18)28-31-15-22-23(32-28)5-2-6-24(22)33-12-9-20(35)10-13-33/h2-8,11,18,20,26,35H,9-10,12-13,15-17H2,1H3,(H,31,32)/t18-,26-/m1/s1. The SMILES string of the molecule is C[C@@H]1CN(c2ccc(C#N)c3ncccc23)C[C@H](C2=Nc3cccc(N4CCC(O)CC4)c3CN2)O1. The molecule has 0 unspecified atom stereocenters. The summed E-state index contributed by atoms with van der Waals surface area (Å²) in [5.41, 5.74) is 5.75. The van der Waals surface area contributed by atoms with E-state index in [1.807, 2.05) is 24.3 Å². The molecular formula is C28H30N6O2. The average Bonchev–Trinajstić information content (AvgIpc) is 2.92. The molecule has 3 aromatic rings. The van der Waals surface area contributed by atoms with Gasteiger partial charge in [-0.25, -0.2) is 4.99 Å². The number of nitrogens with one attached hydrogen (secondary N) is 1. The summed E-state index contributed by atoms with van der Waals surface area (Å²) in [5, 5.41) is 24.0. The van der Waals surface area contributed by atoms with Gasteiger partial charge in [-0.3, -0.25) is 4.98 Å². The summed E-state index contributed by atoms with van der Waals surface area (Å²) in [7, 11) is 0. The fourth-order valence-corrected chi connectivity index (χ4v) is 5.61. The molecule has 2 N–H and O–H groups in total. The monoisotopic (exact) mass is 482 g/mol. The average molecular weight is 483 g/mol. The lowest BCUT2D eigenvalue weighted by Gasteiger charge is -2.40. The van der Waals surface area contributed by atoms with Gasteiger partial charge in [0.2, 0.25) is 0 Å². The van der Waals surface area contributed by atoms with Crippen molar-refractivity contribution in [1.82, 2.24) is 10.3 Å². The van der Waals surface area contributed by atoms with Crippen molar-refractivity contribution in [2.45, 2.75) is 44.6 Å². The Morgan fingerprint density at radius 1 is 1.06 bits per heavy atom. The van der Waals surface area contributed by atoms with Crippen LogP contribution in [0.3, 0.4) is 0 Å². The van der Waals surface area contributed by atoms with Gasteiger partial charge in [-0.15, -0.1) is 0 Å². The van der Waals surface area contributed by atoms with Crippen molar-refractivity contribution in [3.05, 3.63) is 59.8 Å². The lowest BCUT2D eigenvalue weighted by atomic mass is 10.0. The number of morpholine rings is 1. The van der Waals surface area contributed by atoms with Gasteiger partial charge < -0.3 is 25.0 Å². The van der Waals surface area contributed by atoms with E-state index in [2.05, 4.69) is 51.3 Å². The van der Waals surface area contributed by atoms with E-state index in [0.29, 0.717) is 18.7 Å². The van der Waals surface area contributed by atoms with Gasteiger partial charge in [0, 0.05) is 54.7 Å². The minimum atomic E-state index is -0.196. The van der Waals surface area contributed by atoms with Crippen LogP contribution >= 0.6 is 0 Å². The van der Waals surface area contributed by atoms with E-state index >= 15 is 0 Å². The number of aliphatic imine (C=N–C) groups is 1. The zero-order chi connectivity index (χ0) is 24.6. The molecular weight excluding hydrogens is 452 g/mol. The van der Waals surface area contributed by atoms with Crippen molar-refractivity contribution in [3.8, 4) is 6.07 Å². The molecule has 0 aliphatic carbocycles. The van der Waals surface area contributed by atoms with E-state index in [-0.39, 0.29) is 18.3 Å². The van der Waals surface area contributed by atoms with Crippen molar-refractivity contribution in [2.75, 3.05) is 36.0 Å². The van der Waals surface area contributed by atoms with E-state index in [1.165, 1.54) is 11.3 Å². The Morgan fingerprint density at radius 3 is 2.75 bits per heavy atom. The summed E-state index contributed by atoms with van der Waals surface area (Å²) in [6.07, 6.45) is 2.96. The Labute approximate surface area is 210 Å². The number of nitrogens with zero attached hydrogens (tertiary/aromatic N) is 5. The normalized spacial score (nSPS) is 22.5. The summed E-state index contributed by atoms with van der Waals surface area (Å²) in [6.45, 7) is 5.91. The molecule has 0 radical (unpaired) electrons. The Morgan fingerprint density at radius 2 is 1.92 bits per heavy atom. The highest BCUT2D eigenvalue weighted by Crippen LogP contribution is 2.35. The van der Waals surface area contributed by atoms with E-state index in [4.69, 9.17) is 9.73 Å². The molecule has 8 nitrogen and oxygen atoms in total. The molecule has 6 rings (SSSR count). The first-order valence-corrected chi connectivity index (χ1v) is 12.7. The van der Waals surface area contributed by atoms with Crippen LogP contribution in [0.25, 0.3) is 10.9 Å². The number of aliphatic hydroxyl groups is 1. The molecule has 3 aliphatic heterocycles. The number of hydrogen-bond acceptors (Lipinski definition) is 8. The fraction of sp³-hybridized carbons (Fsp3) is 0.393. The highest BCUT2D eigenvalue weighted by atomic mass is 16.5. The minimum Gasteiger partial charge on any atom is -0.393 e. The van der Waals surface area contributed by atoms with Crippen LogP contribution in [0.15, 0.2) is 53.7 Å². The second kappa shape index (κ2) is 9.41. The fourth-order valence-electron chi connectivity index (χ4n) is 5.61. The smallest absolute Gasteiger partial charge is 0.134 e. The molecule has 4 heterocycles. The Hall–Kier alpha value is -3.67. The number of benzene rings is 2. The maximum Gasteiger partial charge on any atom is 0.134 e. The number of aliphatic hydroxyl groups excluding tert-OH is 1. The highest BCUT2D eigenvalue weighted by Gasteiger charge is 2.32. The van der Waals surface area contributed by atoms with Crippen molar-refractivity contribution < 1.29 is 9.84 Å². The van der Waals surface area contributed by atoms with Crippen LogP contribution in [-0.2, 0) is 11.3 Å². The van der Waals surface area contributed by atoms with Gasteiger partial charge in [-0.2, -0.15) is 5.26 Å². The zero-order valence-corrected chi connectivity index (χ0v) is 20.4. The molecule has 2 fully saturated rings. The van der Waals surface area contributed by atoms with Gasteiger partial charge in [-0.1, -0.05) is 6.07 Å². The zero-order valence-electron chi connectivity index (χ0n) is 20.4. The van der Waals surface area contributed by atoms with Gasteiger partial charge in [0.05, 0.1) is 35.5 Å². The number of aromatic nitrogens is 1. The molecule has 0 bridgehead atoms. The number of hydrogen-bond donors (Lipinski definition) is 2. The predicted molar refractivity (Wildman–Crippen MR) is 141 cm³/mol. The third-order valence-electron chi connectivity index (χ3n) is 7.39. The van der Waals surface area contributed by atoms with Crippen LogP contribution in [0.1, 0.15) is 30.9 Å². The number of amidine groups is 1. The first kappa shape index (κ1) is 22.8. The largest absolute Gasteiger partial charge is 0.393 e. The maximum absolute atomic E-state index is 9.90. The Bertz CT molecular complexity index is 1360. The minimum absolute atomic E-state index is 0.0168. The molecule has 8 heteroatoms. The van der Waals surface area contributed by atoms with Gasteiger partial charge >= 0.3 is 0 Å². The number of pyridine rings is 1. The molecule has 2 atom stereocenters. The summed E-state index contributed by atoms with van der Waals surface area (Å²) < 4.78 is 6.37. The van der Waals surface area contributed by atoms with Crippen molar-refractivity contribution >= 4 is 33.8 Å². The molecule has 184 valence electrons. The third-order valence-corrected chi connectivity index (χ3v) is 7.39. The third kappa shape index (κ3) is 4.15. The Kier molecular flexibility index (Phi) is 5.96. The summed E-state index contributed by atoms with van der Waals surface area (Å²) in [5.74, 6) is 0.848. The number of nitriles is 1. The van der Waals surface area contributed by atoms with E-state index < -0.39 is 0 Å². The molecule has 2 saturated heterocycles. The maximum atomic E-state index is 9.90. The van der Waals surface area contributed by atoms with Crippen molar-refractivity contribution in [3.63, 3.8) is 0 Å². The van der Waals surface area contributed by atoms with Gasteiger partial charge in [0.15, 0.2) is 0 Å². The first-order valence-electron chi connectivity index (χ1n) is 12.7. The van der Waals surface area contributed by atoms with Crippen LogP contribution in [0.5, 0.6) is 0 Å². The molecule has 0 spiro atoms. The number of fused-ring (bicyclic) bond motifs is 2. The topological polar surface area (TPSA) is 97.0 Å². The molecule has 0 amide bonds. The lowest BCUT2D eigenvalue weighted by Crippen LogP contribution is -2.53. The van der Waals surface area contributed by atoms with Crippen molar-refractivity contribution in [1.29, 1.82) is 5.26 Å². The highest BCUT2D eigenvalue weighted by molar-refractivity contribution is 5.96. The summed E-state index contributed by atoms with van der Waals surface area (Å²) in [6, 6.07) is 16.4. The second-order valence-electron chi connectivity index (χ2n) is 9.83. The molecule has 1 aromatic heterocycles. The number of ether oxygens (including phenoxy) is 1. The van der Waals surface area contributed by atoms with Gasteiger partial charge in [0.1, 0.15) is 18.0 Å². The number of piperidine rings is 1. The summed E-state index contributed by atoms with van der Waals surface area (Å²) >= 11 is 0. The van der Waals surface area contributed by atoms with Crippen LogP contribution in [0.2, 0.25) is 0 Å². The summed E-state index contributed by atoms with van der Waals surface area (Å²) in [4.78, 5) is 14.2. The van der Waals surface area contributed by atoms with E-state index in [1.54, 1.807) is 6.20 Å². The van der Waals surface area contributed by atoms with Crippen LogP contribution < -0.4 is 15.1 Å². The van der Waals surface area contributed by atoms with Crippen molar-refractivity contribution in [2.24, 2.45) is 4.99 Å². The lowest BCUT2D eigenvalue weighted by molar-refractivity contribution is 0.0188. The molecule has 36 heavy (non-hydrogen) atoms. The van der Waals surface area contributed by atoms with Gasteiger partial charge in [-0.05, 0) is 56.2 Å². The first-order chi connectivity index (χ1) is 17.6. The van der Waals surface area contributed by atoms with E-state index in [0.717, 1.165) is 60.6 Å². The van der Waals surface area contributed by atoms with Crippen LogP contribution in [0.4, 0.5) is 17.1 Å². The van der Waals surface area contributed by atoms with Gasteiger partial charge in [0.25, 0.3) is 0 Å². The number of rotatable bonds is 3. The molecule has 2 aromatic carbocycles. The number of anilines is 2. The van der Waals surface area contributed by atoms with Crippen LogP contribution in [0, 0.1) is 11.3 Å². The van der Waals surface area contributed by atoms with E-state index in [9.17, 15) is 10.4 Å². The second-order valence-corrected chi connectivity index (χ2v) is 9.83. The Balaban J connectivity index is 1.29. The quantitative estimate of drug-likeness (QED) is 0.590.